The van der Waals surface area contributed by atoms with Crippen molar-refractivity contribution in [3.05, 3.63) is 17.2 Å². The Balaban J connectivity index is 2.31. The average molecular weight is 193 g/mol. The van der Waals surface area contributed by atoms with Gasteiger partial charge in [0.05, 0.1) is 5.69 Å². The third-order valence-corrected chi connectivity index (χ3v) is 3.28. The summed E-state index contributed by atoms with van der Waals surface area (Å²) in [6, 6.07) is 0. The zero-order valence-corrected chi connectivity index (χ0v) is 9.08. The maximum atomic E-state index is 5.72. The van der Waals surface area contributed by atoms with E-state index in [1.54, 1.807) is 0 Å². The molecule has 0 aliphatic carbocycles. The molecule has 0 bridgehead atoms. The molecule has 2 N–H and O–H groups in total. The first-order valence-corrected chi connectivity index (χ1v) is 5.51. The van der Waals surface area contributed by atoms with Crippen LogP contribution in [0.25, 0.3) is 0 Å². The summed E-state index contributed by atoms with van der Waals surface area (Å²) in [5.41, 5.74) is 8.33. The Morgan fingerprint density at radius 3 is 3.00 bits per heavy atom. The SMILES string of the molecule is CCc1nc2n(c1C)CC(CN)CC2. The highest BCUT2D eigenvalue weighted by Gasteiger charge is 2.21. The number of hydrogen-bond donors (Lipinski definition) is 1. The van der Waals surface area contributed by atoms with Gasteiger partial charge in [0.15, 0.2) is 0 Å². The minimum absolute atomic E-state index is 0.653. The fourth-order valence-electron chi connectivity index (χ4n) is 2.29. The van der Waals surface area contributed by atoms with Crippen LogP contribution in [0.15, 0.2) is 0 Å². The molecule has 1 aromatic rings. The molecule has 3 heteroatoms. The van der Waals surface area contributed by atoms with Crippen LogP contribution < -0.4 is 5.73 Å². The molecule has 1 atom stereocenters. The lowest BCUT2D eigenvalue weighted by molar-refractivity contribution is 0.369. The van der Waals surface area contributed by atoms with E-state index in [1.807, 2.05) is 0 Å². The van der Waals surface area contributed by atoms with Gasteiger partial charge in [0.2, 0.25) is 0 Å². The molecule has 0 radical (unpaired) electrons. The van der Waals surface area contributed by atoms with Crippen LogP contribution in [0.1, 0.15) is 30.6 Å². The van der Waals surface area contributed by atoms with Crippen LogP contribution in [0.5, 0.6) is 0 Å². The number of rotatable bonds is 2. The third kappa shape index (κ3) is 1.46. The number of nitrogens with zero attached hydrogens (tertiary/aromatic N) is 2. The number of fused-ring (bicyclic) bond motifs is 1. The van der Waals surface area contributed by atoms with Gasteiger partial charge in [-0.2, -0.15) is 0 Å². The first-order valence-electron chi connectivity index (χ1n) is 5.51. The van der Waals surface area contributed by atoms with Gasteiger partial charge in [-0.25, -0.2) is 4.98 Å². The second kappa shape index (κ2) is 3.73. The first kappa shape index (κ1) is 9.71. The predicted octanol–water partition coefficient (Wildman–Crippen LogP) is 1.28. The molecule has 0 saturated heterocycles. The van der Waals surface area contributed by atoms with Gasteiger partial charge in [-0.3, -0.25) is 0 Å². The fraction of sp³-hybridized carbons (Fsp3) is 0.727. The second-order valence-corrected chi connectivity index (χ2v) is 4.16. The summed E-state index contributed by atoms with van der Waals surface area (Å²) in [7, 11) is 0. The Morgan fingerprint density at radius 2 is 2.36 bits per heavy atom. The van der Waals surface area contributed by atoms with Crippen molar-refractivity contribution in [3.63, 3.8) is 0 Å². The first-order chi connectivity index (χ1) is 6.76. The molecule has 0 aromatic carbocycles. The Labute approximate surface area is 85.3 Å². The van der Waals surface area contributed by atoms with Crippen molar-refractivity contribution in [1.82, 2.24) is 9.55 Å². The Hall–Kier alpha value is -0.830. The standard InChI is InChI=1S/C11H19N3/c1-3-10-8(2)14-7-9(6-12)4-5-11(14)13-10/h9H,3-7,12H2,1-2H3. The molecule has 2 heterocycles. The summed E-state index contributed by atoms with van der Waals surface area (Å²) >= 11 is 0. The third-order valence-electron chi connectivity index (χ3n) is 3.28. The van der Waals surface area contributed by atoms with Gasteiger partial charge in [-0.1, -0.05) is 6.92 Å². The molecule has 0 amide bonds. The van der Waals surface area contributed by atoms with E-state index in [1.165, 1.54) is 23.6 Å². The summed E-state index contributed by atoms with van der Waals surface area (Å²) in [4.78, 5) is 4.66. The molecule has 3 nitrogen and oxygen atoms in total. The summed E-state index contributed by atoms with van der Waals surface area (Å²) < 4.78 is 2.36. The number of imidazole rings is 1. The highest BCUT2D eigenvalue weighted by molar-refractivity contribution is 5.17. The molecule has 14 heavy (non-hydrogen) atoms. The topological polar surface area (TPSA) is 43.8 Å². The van der Waals surface area contributed by atoms with E-state index in [0.29, 0.717) is 5.92 Å². The molecule has 0 fully saturated rings. The summed E-state index contributed by atoms with van der Waals surface area (Å²) in [5.74, 6) is 1.92. The number of aryl methyl sites for hydroxylation is 2. The van der Waals surface area contributed by atoms with Crippen molar-refractivity contribution in [3.8, 4) is 0 Å². The Bertz CT molecular complexity index is 328. The van der Waals surface area contributed by atoms with Gasteiger partial charge in [-0.15, -0.1) is 0 Å². The highest BCUT2D eigenvalue weighted by Crippen LogP contribution is 2.22. The van der Waals surface area contributed by atoms with Crippen LogP contribution in [0.4, 0.5) is 0 Å². The number of aromatic nitrogens is 2. The lowest BCUT2D eigenvalue weighted by Gasteiger charge is -2.23. The molecule has 0 saturated carbocycles. The lowest BCUT2D eigenvalue weighted by atomic mass is 10.00. The maximum absolute atomic E-state index is 5.72. The molecule has 1 unspecified atom stereocenters. The monoisotopic (exact) mass is 193 g/mol. The minimum atomic E-state index is 0.653. The Morgan fingerprint density at radius 1 is 1.57 bits per heavy atom. The van der Waals surface area contributed by atoms with E-state index in [9.17, 15) is 0 Å². The van der Waals surface area contributed by atoms with E-state index in [0.717, 1.165) is 25.9 Å². The quantitative estimate of drug-likeness (QED) is 0.769. The van der Waals surface area contributed by atoms with Crippen LogP contribution in [0.2, 0.25) is 0 Å². The van der Waals surface area contributed by atoms with E-state index in [2.05, 4.69) is 23.4 Å². The van der Waals surface area contributed by atoms with Crippen LogP contribution in [-0.2, 0) is 19.4 Å². The minimum Gasteiger partial charge on any atom is -0.332 e. The van der Waals surface area contributed by atoms with Gasteiger partial charge in [0.25, 0.3) is 0 Å². The van der Waals surface area contributed by atoms with Crippen LogP contribution in [-0.4, -0.2) is 16.1 Å². The zero-order chi connectivity index (χ0) is 10.1. The summed E-state index contributed by atoms with van der Waals surface area (Å²) in [5, 5.41) is 0. The molecule has 1 aromatic heterocycles. The van der Waals surface area contributed by atoms with Crippen molar-refractivity contribution in [1.29, 1.82) is 0 Å². The summed E-state index contributed by atoms with van der Waals surface area (Å²) in [6.07, 6.45) is 3.35. The van der Waals surface area contributed by atoms with Crippen molar-refractivity contribution < 1.29 is 0 Å². The number of hydrogen-bond acceptors (Lipinski definition) is 2. The predicted molar refractivity (Wildman–Crippen MR) is 57.2 cm³/mol. The van der Waals surface area contributed by atoms with Crippen molar-refractivity contribution >= 4 is 0 Å². The molecule has 1 aliphatic heterocycles. The average Bonchev–Trinajstić information content (AvgIpc) is 2.55. The molecular formula is C11H19N3. The van der Waals surface area contributed by atoms with Crippen molar-refractivity contribution in [2.75, 3.05) is 6.54 Å². The van der Waals surface area contributed by atoms with Crippen molar-refractivity contribution in [2.45, 2.75) is 39.7 Å². The Kier molecular flexibility index (Phi) is 2.59. The molecule has 0 spiro atoms. The molecule has 2 rings (SSSR count). The van der Waals surface area contributed by atoms with Gasteiger partial charge in [-0.05, 0) is 32.2 Å². The van der Waals surface area contributed by atoms with E-state index >= 15 is 0 Å². The van der Waals surface area contributed by atoms with Gasteiger partial charge >= 0.3 is 0 Å². The van der Waals surface area contributed by atoms with Crippen LogP contribution >= 0.6 is 0 Å². The fourth-order valence-corrected chi connectivity index (χ4v) is 2.29. The van der Waals surface area contributed by atoms with E-state index in [4.69, 9.17) is 5.73 Å². The van der Waals surface area contributed by atoms with Gasteiger partial charge in [0, 0.05) is 18.7 Å². The van der Waals surface area contributed by atoms with Gasteiger partial charge < -0.3 is 10.3 Å². The zero-order valence-electron chi connectivity index (χ0n) is 9.08. The number of nitrogens with two attached hydrogens (primary N) is 1. The van der Waals surface area contributed by atoms with E-state index in [-0.39, 0.29) is 0 Å². The smallest absolute Gasteiger partial charge is 0.109 e. The lowest BCUT2D eigenvalue weighted by Crippen LogP contribution is -2.26. The molecular weight excluding hydrogens is 174 g/mol. The molecule has 78 valence electrons. The maximum Gasteiger partial charge on any atom is 0.109 e. The van der Waals surface area contributed by atoms with Crippen molar-refractivity contribution in [2.24, 2.45) is 11.7 Å². The van der Waals surface area contributed by atoms with E-state index < -0.39 is 0 Å². The summed E-state index contributed by atoms with van der Waals surface area (Å²) in [6.45, 7) is 6.22. The van der Waals surface area contributed by atoms with Gasteiger partial charge in [0.1, 0.15) is 5.82 Å². The second-order valence-electron chi connectivity index (χ2n) is 4.16. The van der Waals surface area contributed by atoms with Crippen LogP contribution in [0, 0.1) is 12.8 Å². The molecule has 1 aliphatic rings. The normalized spacial score (nSPS) is 20.9. The van der Waals surface area contributed by atoms with Crippen LogP contribution in [0.3, 0.4) is 0 Å². The highest BCUT2D eigenvalue weighted by atomic mass is 15.1. The largest absolute Gasteiger partial charge is 0.332 e.